The molecule has 0 heterocycles. The normalized spacial score (nSPS) is 10.7. The Balaban J connectivity index is 3.15. The molecule has 0 radical (unpaired) electrons. The first-order chi connectivity index (χ1) is 7.04. The van der Waals surface area contributed by atoms with Gasteiger partial charge in [-0.1, -0.05) is 13.8 Å². The Morgan fingerprint density at radius 2 is 2.00 bits per heavy atom. The maximum atomic E-state index is 11.2. The highest BCUT2D eigenvalue weighted by Gasteiger charge is 2.01. The van der Waals surface area contributed by atoms with Crippen LogP contribution in [0.1, 0.15) is 20.3 Å². The molecule has 4 heteroatoms. The molecule has 0 aromatic heterocycles. The van der Waals surface area contributed by atoms with Gasteiger partial charge in [0.05, 0.1) is 6.61 Å². The summed E-state index contributed by atoms with van der Waals surface area (Å²) in [6.07, 6.45) is 0.553. The number of hydrogen-bond donors (Lipinski definition) is 1. The molecule has 0 unspecified atom stereocenters. The molecule has 90 valence electrons. The molecule has 0 atom stereocenters. The van der Waals surface area contributed by atoms with E-state index in [4.69, 9.17) is 4.74 Å². The monoisotopic (exact) mass is 216 g/mol. The third-order valence-electron chi connectivity index (χ3n) is 1.89. The maximum absolute atomic E-state index is 11.2. The molecule has 0 aliphatic heterocycles. The molecule has 1 amide bonds. The molecule has 0 saturated carbocycles. The number of nitrogens with one attached hydrogen (secondary N) is 1. The van der Waals surface area contributed by atoms with E-state index in [1.54, 1.807) is 19.0 Å². The lowest BCUT2D eigenvalue weighted by atomic mass is 10.2. The average Bonchev–Trinajstić information content (AvgIpc) is 2.15. The zero-order chi connectivity index (χ0) is 11.7. The van der Waals surface area contributed by atoms with Gasteiger partial charge in [-0.3, -0.25) is 4.79 Å². The third kappa shape index (κ3) is 9.69. The first-order valence-electron chi connectivity index (χ1n) is 5.52. The van der Waals surface area contributed by atoms with Crippen LogP contribution in [0.3, 0.4) is 0 Å². The van der Waals surface area contributed by atoms with Crippen LogP contribution >= 0.6 is 0 Å². The molecule has 0 saturated heterocycles. The van der Waals surface area contributed by atoms with E-state index in [0.717, 1.165) is 19.7 Å². The summed E-state index contributed by atoms with van der Waals surface area (Å²) < 4.78 is 5.39. The van der Waals surface area contributed by atoms with Crippen LogP contribution in [0.2, 0.25) is 0 Å². The average molecular weight is 216 g/mol. The molecule has 0 aliphatic rings. The Labute approximate surface area is 93.0 Å². The number of rotatable bonds is 8. The van der Waals surface area contributed by atoms with E-state index in [9.17, 15) is 4.79 Å². The Kier molecular flexibility index (Phi) is 8.33. The van der Waals surface area contributed by atoms with E-state index in [0.29, 0.717) is 18.9 Å². The van der Waals surface area contributed by atoms with Gasteiger partial charge in [0.15, 0.2) is 0 Å². The number of nitrogens with zero attached hydrogens (tertiary/aromatic N) is 1. The molecule has 0 aromatic rings. The Hall–Kier alpha value is -0.610. The van der Waals surface area contributed by atoms with Gasteiger partial charge in [-0.25, -0.2) is 0 Å². The highest BCUT2D eigenvalue weighted by molar-refractivity contribution is 5.75. The van der Waals surface area contributed by atoms with Crippen LogP contribution in [0, 0.1) is 5.92 Å². The number of carbonyl (C=O) groups excluding carboxylic acids is 1. The van der Waals surface area contributed by atoms with Gasteiger partial charge in [-0.15, -0.1) is 0 Å². The van der Waals surface area contributed by atoms with Crippen molar-refractivity contribution in [1.82, 2.24) is 10.2 Å². The second-order valence-electron chi connectivity index (χ2n) is 4.26. The van der Waals surface area contributed by atoms with Crippen molar-refractivity contribution in [2.45, 2.75) is 20.3 Å². The first-order valence-corrected chi connectivity index (χ1v) is 5.52. The lowest BCUT2D eigenvalue weighted by molar-refractivity contribution is -0.128. The fourth-order valence-electron chi connectivity index (χ4n) is 1.01. The highest BCUT2D eigenvalue weighted by Crippen LogP contribution is 1.91. The van der Waals surface area contributed by atoms with E-state index in [-0.39, 0.29) is 5.91 Å². The van der Waals surface area contributed by atoms with Crippen LogP contribution in [-0.2, 0) is 9.53 Å². The summed E-state index contributed by atoms with van der Waals surface area (Å²) in [5.41, 5.74) is 0. The minimum absolute atomic E-state index is 0.158. The maximum Gasteiger partial charge on any atom is 0.223 e. The number of ether oxygens (including phenoxy) is 1. The zero-order valence-corrected chi connectivity index (χ0v) is 10.4. The molecule has 15 heavy (non-hydrogen) atoms. The summed E-state index contributed by atoms with van der Waals surface area (Å²) in [4.78, 5) is 12.8. The number of amides is 1. The minimum Gasteiger partial charge on any atom is -0.380 e. The van der Waals surface area contributed by atoms with Crippen molar-refractivity contribution in [3.05, 3.63) is 0 Å². The van der Waals surface area contributed by atoms with E-state index in [1.165, 1.54) is 0 Å². The molecule has 0 spiro atoms. The zero-order valence-electron chi connectivity index (χ0n) is 10.4. The van der Waals surface area contributed by atoms with Gasteiger partial charge >= 0.3 is 0 Å². The van der Waals surface area contributed by atoms with Crippen LogP contribution in [0.15, 0.2) is 0 Å². The molecule has 4 nitrogen and oxygen atoms in total. The minimum atomic E-state index is 0.158. The largest absolute Gasteiger partial charge is 0.380 e. The van der Waals surface area contributed by atoms with Gasteiger partial charge in [0, 0.05) is 40.2 Å². The molecular weight excluding hydrogens is 192 g/mol. The van der Waals surface area contributed by atoms with E-state index in [2.05, 4.69) is 19.2 Å². The topological polar surface area (TPSA) is 41.6 Å². The first kappa shape index (κ1) is 14.4. The van der Waals surface area contributed by atoms with Crippen molar-refractivity contribution in [3.63, 3.8) is 0 Å². The summed E-state index contributed by atoms with van der Waals surface area (Å²) in [6.45, 7) is 7.31. The van der Waals surface area contributed by atoms with Crippen LogP contribution < -0.4 is 5.32 Å². The SMILES string of the molecule is CC(C)COCCNCCC(=O)N(C)C. The summed E-state index contributed by atoms with van der Waals surface area (Å²) in [7, 11) is 3.54. The van der Waals surface area contributed by atoms with E-state index < -0.39 is 0 Å². The van der Waals surface area contributed by atoms with Crippen molar-refractivity contribution in [1.29, 1.82) is 0 Å². The van der Waals surface area contributed by atoms with Crippen LogP contribution in [-0.4, -0.2) is 51.2 Å². The van der Waals surface area contributed by atoms with Crippen molar-refractivity contribution in [3.8, 4) is 0 Å². The van der Waals surface area contributed by atoms with Crippen molar-refractivity contribution in [2.24, 2.45) is 5.92 Å². The van der Waals surface area contributed by atoms with Gasteiger partial charge in [-0.2, -0.15) is 0 Å². The van der Waals surface area contributed by atoms with E-state index >= 15 is 0 Å². The Bertz CT molecular complexity index is 170. The van der Waals surface area contributed by atoms with Crippen molar-refractivity contribution in [2.75, 3.05) is 40.4 Å². The summed E-state index contributed by atoms with van der Waals surface area (Å²) in [6, 6.07) is 0. The molecule has 0 aromatic carbocycles. The fourth-order valence-corrected chi connectivity index (χ4v) is 1.01. The van der Waals surface area contributed by atoms with Crippen molar-refractivity contribution >= 4 is 5.91 Å². The van der Waals surface area contributed by atoms with Gasteiger partial charge in [0.2, 0.25) is 5.91 Å². The number of carbonyl (C=O) groups is 1. The Morgan fingerprint density at radius 3 is 2.53 bits per heavy atom. The van der Waals surface area contributed by atoms with Crippen LogP contribution in [0.4, 0.5) is 0 Å². The summed E-state index contributed by atoms with van der Waals surface area (Å²) in [5, 5.41) is 3.17. The number of hydrogen-bond acceptors (Lipinski definition) is 3. The van der Waals surface area contributed by atoms with Gasteiger partial charge < -0.3 is 15.0 Å². The lowest BCUT2D eigenvalue weighted by Crippen LogP contribution is -2.28. The molecule has 0 fully saturated rings. The molecular formula is C11H24N2O2. The molecule has 0 rings (SSSR count). The second-order valence-corrected chi connectivity index (χ2v) is 4.26. The third-order valence-corrected chi connectivity index (χ3v) is 1.89. The molecule has 0 aliphatic carbocycles. The van der Waals surface area contributed by atoms with Gasteiger partial charge in [0.25, 0.3) is 0 Å². The standard InChI is InChI=1S/C11H24N2O2/c1-10(2)9-15-8-7-12-6-5-11(14)13(3)4/h10,12H,5-9H2,1-4H3. The lowest BCUT2D eigenvalue weighted by Gasteiger charge is -2.11. The fraction of sp³-hybridized carbons (Fsp3) is 0.909. The molecule has 0 bridgehead atoms. The predicted octanol–water partition coefficient (Wildman–Crippen LogP) is 0.727. The van der Waals surface area contributed by atoms with E-state index in [1.807, 2.05) is 0 Å². The highest BCUT2D eigenvalue weighted by atomic mass is 16.5. The smallest absolute Gasteiger partial charge is 0.223 e. The van der Waals surface area contributed by atoms with Gasteiger partial charge in [-0.05, 0) is 5.92 Å². The second kappa shape index (κ2) is 8.68. The van der Waals surface area contributed by atoms with Gasteiger partial charge in [0.1, 0.15) is 0 Å². The van der Waals surface area contributed by atoms with Crippen molar-refractivity contribution < 1.29 is 9.53 Å². The predicted molar refractivity (Wildman–Crippen MR) is 61.8 cm³/mol. The summed E-state index contributed by atoms with van der Waals surface area (Å²) >= 11 is 0. The van der Waals surface area contributed by atoms with Crippen LogP contribution in [0.25, 0.3) is 0 Å². The summed E-state index contributed by atoms with van der Waals surface area (Å²) in [5.74, 6) is 0.742. The quantitative estimate of drug-likeness (QED) is 0.608. The van der Waals surface area contributed by atoms with Crippen LogP contribution in [0.5, 0.6) is 0 Å². The molecule has 1 N–H and O–H groups in total. The Morgan fingerprint density at radius 1 is 1.33 bits per heavy atom.